The maximum Gasteiger partial charge on any atom is 0.271 e. The van der Waals surface area contributed by atoms with Crippen LogP contribution >= 0.6 is 23.8 Å². The molecule has 150 valence electrons. The molecule has 6 nitrogen and oxygen atoms in total. The highest BCUT2D eigenvalue weighted by molar-refractivity contribution is 7.71. The van der Waals surface area contributed by atoms with E-state index in [-0.39, 0.29) is 5.91 Å². The van der Waals surface area contributed by atoms with E-state index in [1.54, 1.807) is 30.3 Å². The van der Waals surface area contributed by atoms with Crippen LogP contribution in [0.25, 0.3) is 11.0 Å². The first-order valence-electron chi connectivity index (χ1n) is 9.10. The highest BCUT2D eigenvalue weighted by atomic mass is 35.5. The minimum Gasteiger partial charge on any atom is -0.487 e. The first kappa shape index (κ1) is 19.9. The Balaban J connectivity index is 1.37. The van der Waals surface area contributed by atoms with Crippen molar-refractivity contribution in [3.05, 3.63) is 93.2 Å². The number of ether oxygens (including phenoxy) is 1. The van der Waals surface area contributed by atoms with Crippen molar-refractivity contribution in [2.75, 3.05) is 0 Å². The number of nitrogens with zero attached hydrogens (tertiary/aromatic N) is 1. The van der Waals surface area contributed by atoms with Crippen molar-refractivity contribution in [3.8, 4) is 5.75 Å². The fourth-order valence-electron chi connectivity index (χ4n) is 2.85. The van der Waals surface area contributed by atoms with Crippen molar-refractivity contribution in [1.82, 2.24) is 15.4 Å². The Morgan fingerprint density at radius 1 is 1.07 bits per heavy atom. The molecular weight excluding hydrogens is 420 g/mol. The van der Waals surface area contributed by atoms with Crippen LogP contribution in [0.3, 0.4) is 0 Å². The number of hydrogen-bond acceptors (Lipinski definition) is 4. The van der Waals surface area contributed by atoms with Crippen LogP contribution in [0, 0.1) is 4.77 Å². The molecule has 3 N–H and O–H groups in total. The Kier molecular flexibility index (Phi) is 5.92. The number of carbonyl (C=O) groups excluding carboxylic acids is 1. The molecule has 0 spiro atoms. The summed E-state index contributed by atoms with van der Waals surface area (Å²) in [6.45, 7) is 0.430. The quantitative estimate of drug-likeness (QED) is 0.220. The summed E-state index contributed by atoms with van der Waals surface area (Å²) in [5.74, 6) is 0.251. The monoisotopic (exact) mass is 436 g/mol. The molecule has 0 fully saturated rings. The van der Waals surface area contributed by atoms with Gasteiger partial charge in [0.1, 0.15) is 12.4 Å². The Bertz CT molecular complexity index is 1280. The first-order valence-corrected chi connectivity index (χ1v) is 9.89. The SMILES string of the molecule is O=C(N/N=C\c1ccc(OCc2ccccc2)c(Cl)c1)c1ccc2[nH]c(=S)[nH]c2c1. The van der Waals surface area contributed by atoms with E-state index in [1.165, 1.54) is 6.21 Å². The molecule has 4 rings (SSSR count). The van der Waals surface area contributed by atoms with E-state index in [9.17, 15) is 4.79 Å². The average Bonchev–Trinajstić information content (AvgIpc) is 3.13. The maximum atomic E-state index is 12.3. The topological polar surface area (TPSA) is 82.3 Å². The Hall–Kier alpha value is -3.42. The van der Waals surface area contributed by atoms with Crippen LogP contribution in [0.5, 0.6) is 5.75 Å². The standard InChI is InChI=1S/C22H17ClN4O2S/c23-17-10-15(6-9-20(17)29-13-14-4-2-1-3-5-14)12-24-27-21(28)16-7-8-18-19(11-16)26-22(30)25-18/h1-12H,13H2,(H,27,28)(H2,25,26,30)/b24-12-. The second-order valence-electron chi connectivity index (χ2n) is 6.50. The molecule has 0 radical (unpaired) electrons. The molecule has 0 unspecified atom stereocenters. The summed E-state index contributed by atoms with van der Waals surface area (Å²) in [5, 5.41) is 4.47. The van der Waals surface area contributed by atoms with Gasteiger partial charge in [-0.15, -0.1) is 0 Å². The number of amides is 1. The molecule has 4 aromatic rings. The molecule has 1 heterocycles. The summed E-state index contributed by atoms with van der Waals surface area (Å²) >= 11 is 11.4. The number of imidazole rings is 1. The molecule has 30 heavy (non-hydrogen) atoms. The van der Waals surface area contributed by atoms with E-state index in [0.717, 1.165) is 22.2 Å². The number of H-pyrrole nitrogens is 2. The number of rotatable bonds is 6. The van der Waals surface area contributed by atoms with E-state index in [0.29, 0.717) is 27.7 Å². The molecule has 0 bridgehead atoms. The Labute approximate surface area is 182 Å². The van der Waals surface area contributed by atoms with E-state index in [1.807, 2.05) is 36.4 Å². The molecule has 1 amide bonds. The van der Waals surface area contributed by atoms with Crippen LogP contribution in [0.4, 0.5) is 0 Å². The largest absolute Gasteiger partial charge is 0.487 e. The molecule has 1 aromatic heterocycles. The van der Waals surface area contributed by atoms with Gasteiger partial charge in [-0.3, -0.25) is 4.79 Å². The molecule has 0 saturated carbocycles. The van der Waals surface area contributed by atoms with Gasteiger partial charge in [-0.1, -0.05) is 41.9 Å². The second kappa shape index (κ2) is 8.94. The summed E-state index contributed by atoms with van der Waals surface area (Å²) in [7, 11) is 0. The van der Waals surface area contributed by atoms with Gasteiger partial charge < -0.3 is 14.7 Å². The van der Waals surface area contributed by atoms with Gasteiger partial charge in [0.25, 0.3) is 5.91 Å². The highest BCUT2D eigenvalue weighted by Gasteiger charge is 2.07. The van der Waals surface area contributed by atoms with Gasteiger partial charge in [-0.05, 0) is 59.7 Å². The van der Waals surface area contributed by atoms with E-state index in [2.05, 4.69) is 20.5 Å². The maximum absolute atomic E-state index is 12.3. The predicted octanol–water partition coefficient (Wildman–Crippen LogP) is 5.22. The minimum atomic E-state index is -0.331. The summed E-state index contributed by atoms with van der Waals surface area (Å²) in [5.41, 5.74) is 6.36. The van der Waals surface area contributed by atoms with Gasteiger partial charge in [0.15, 0.2) is 4.77 Å². The fourth-order valence-corrected chi connectivity index (χ4v) is 3.32. The van der Waals surface area contributed by atoms with Crippen molar-refractivity contribution in [3.63, 3.8) is 0 Å². The molecule has 0 saturated heterocycles. The van der Waals surface area contributed by atoms with Crippen LogP contribution in [0.2, 0.25) is 5.02 Å². The molecule has 0 aliphatic rings. The van der Waals surface area contributed by atoms with Crippen LogP contribution in [0.1, 0.15) is 21.5 Å². The van der Waals surface area contributed by atoms with Gasteiger partial charge in [-0.2, -0.15) is 5.10 Å². The molecular formula is C22H17ClN4O2S. The summed E-state index contributed by atoms with van der Waals surface area (Å²) in [4.78, 5) is 18.3. The number of aromatic nitrogens is 2. The lowest BCUT2D eigenvalue weighted by Crippen LogP contribution is -2.17. The third-order valence-corrected chi connectivity index (χ3v) is 4.85. The molecule has 8 heteroatoms. The van der Waals surface area contributed by atoms with E-state index >= 15 is 0 Å². The fraction of sp³-hybridized carbons (Fsp3) is 0.0455. The molecule has 0 aliphatic heterocycles. The van der Waals surface area contributed by atoms with Crippen LogP contribution < -0.4 is 10.2 Å². The van der Waals surface area contributed by atoms with Crippen molar-refractivity contribution in [1.29, 1.82) is 0 Å². The number of aromatic amines is 2. The lowest BCUT2D eigenvalue weighted by Gasteiger charge is -2.08. The zero-order chi connectivity index (χ0) is 20.9. The van der Waals surface area contributed by atoms with Crippen LogP contribution in [-0.4, -0.2) is 22.1 Å². The van der Waals surface area contributed by atoms with Crippen LogP contribution in [-0.2, 0) is 6.61 Å². The first-order chi connectivity index (χ1) is 14.6. The highest BCUT2D eigenvalue weighted by Crippen LogP contribution is 2.25. The number of hydrogen-bond donors (Lipinski definition) is 3. The number of hydrazone groups is 1. The van der Waals surface area contributed by atoms with Crippen molar-refractivity contribution in [2.45, 2.75) is 6.61 Å². The number of benzene rings is 3. The average molecular weight is 437 g/mol. The Morgan fingerprint density at radius 2 is 1.87 bits per heavy atom. The van der Waals surface area contributed by atoms with Gasteiger partial charge in [0.05, 0.1) is 22.3 Å². The molecule has 0 aliphatic carbocycles. The molecule has 0 atom stereocenters. The number of fused-ring (bicyclic) bond motifs is 1. The Morgan fingerprint density at radius 3 is 2.67 bits per heavy atom. The third-order valence-electron chi connectivity index (χ3n) is 4.35. The van der Waals surface area contributed by atoms with Gasteiger partial charge in [-0.25, -0.2) is 5.43 Å². The van der Waals surface area contributed by atoms with Gasteiger partial charge in [0, 0.05) is 5.56 Å². The summed E-state index contributed by atoms with van der Waals surface area (Å²) in [6.07, 6.45) is 1.52. The van der Waals surface area contributed by atoms with Crippen molar-refractivity contribution >= 4 is 47.0 Å². The zero-order valence-corrected chi connectivity index (χ0v) is 17.3. The van der Waals surface area contributed by atoms with E-state index in [4.69, 9.17) is 28.6 Å². The van der Waals surface area contributed by atoms with Gasteiger partial charge in [0.2, 0.25) is 0 Å². The third kappa shape index (κ3) is 4.76. The number of halogens is 1. The van der Waals surface area contributed by atoms with Crippen molar-refractivity contribution in [2.24, 2.45) is 5.10 Å². The predicted molar refractivity (Wildman–Crippen MR) is 121 cm³/mol. The minimum absolute atomic E-state index is 0.331. The second-order valence-corrected chi connectivity index (χ2v) is 7.32. The summed E-state index contributed by atoms with van der Waals surface area (Å²) in [6, 6.07) is 20.3. The normalized spacial score (nSPS) is 11.1. The molecule has 3 aromatic carbocycles. The van der Waals surface area contributed by atoms with E-state index < -0.39 is 0 Å². The lowest BCUT2D eigenvalue weighted by molar-refractivity contribution is 0.0955. The smallest absolute Gasteiger partial charge is 0.271 e. The number of carbonyl (C=O) groups is 1. The van der Waals surface area contributed by atoms with Crippen molar-refractivity contribution < 1.29 is 9.53 Å². The van der Waals surface area contributed by atoms with Gasteiger partial charge >= 0.3 is 0 Å². The lowest BCUT2D eigenvalue weighted by atomic mass is 10.2. The van der Waals surface area contributed by atoms with Crippen LogP contribution in [0.15, 0.2) is 71.8 Å². The zero-order valence-electron chi connectivity index (χ0n) is 15.7. The number of nitrogens with one attached hydrogen (secondary N) is 3. The summed E-state index contributed by atoms with van der Waals surface area (Å²) < 4.78 is 6.26.